The zero-order chi connectivity index (χ0) is 23.5. The van der Waals surface area contributed by atoms with Crippen LogP contribution in [-0.4, -0.2) is 25.4 Å². The van der Waals surface area contributed by atoms with Crippen LogP contribution in [-0.2, 0) is 0 Å². The number of nitrogens with zero attached hydrogens (tertiary/aromatic N) is 2. The number of methoxy groups -OCH3 is 1. The maximum Gasteiger partial charge on any atom is 0.497 e. The number of fused-ring (bicyclic) bond motifs is 4. The van der Waals surface area contributed by atoms with Crippen LogP contribution < -0.4 is 9.39 Å². The highest BCUT2D eigenvalue weighted by molar-refractivity contribution is 6.50. The van der Waals surface area contributed by atoms with Gasteiger partial charge in [0.05, 0.1) is 12.6 Å². The smallest absolute Gasteiger partial charge is 0.497 e. The zero-order valence-corrected chi connectivity index (χ0v) is 19.5. The normalized spacial score (nSPS) is 11.7. The second kappa shape index (κ2) is 9.40. The van der Waals surface area contributed by atoms with Gasteiger partial charge in [-0.3, -0.25) is 4.98 Å². The molecule has 0 aliphatic carbocycles. The minimum Gasteiger partial charge on any atom is -0.540 e. The molecule has 166 valence electrons. The molecule has 0 amide bonds. The summed E-state index contributed by atoms with van der Waals surface area (Å²) in [6, 6.07) is 24.6. The summed E-state index contributed by atoms with van der Waals surface area (Å²) in [5, 5.41) is 5.51. The van der Waals surface area contributed by atoms with Gasteiger partial charge in [-0.2, -0.15) is 0 Å². The Kier molecular flexibility index (Phi) is 6.00. The number of aryl methyl sites for hydroxylation is 1. The summed E-state index contributed by atoms with van der Waals surface area (Å²) >= 11 is 0. The molecule has 0 aliphatic rings. The quantitative estimate of drug-likeness (QED) is 0.159. The molecule has 5 aromatic rings. The van der Waals surface area contributed by atoms with Crippen molar-refractivity contribution in [2.75, 3.05) is 7.11 Å². The highest BCUT2D eigenvalue weighted by atomic mass is 16.5. The Balaban J connectivity index is 1.37. The molecule has 0 spiro atoms. The number of hydrogen-bond donors (Lipinski definition) is 0. The largest absolute Gasteiger partial charge is 0.540 e. The van der Waals surface area contributed by atoms with Gasteiger partial charge in [0.1, 0.15) is 11.5 Å². The molecule has 4 nitrogen and oxygen atoms in total. The van der Waals surface area contributed by atoms with Crippen molar-refractivity contribution >= 4 is 51.8 Å². The molecule has 4 aromatic carbocycles. The summed E-state index contributed by atoms with van der Waals surface area (Å²) in [6.07, 6.45) is 7.61. The van der Waals surface area contributed by atoms with Crippen LogP contribution >= 0.6 is 0 Å². The molecule has 5 rings (SSSR count). The van der Waals surface area contributed by atoms with Crippen molar-refractivity contribution < 1.29 is 9.39 Å². The van der Waals surface area contributed by atoms with Crippen LogP contribution in [0.4, 0.5) is 0 Å². The van der Waals surface area contributed by atoms with Crippen LogP contribution in [0.1, 0.15) is 11.1 Å². The fourth-order valence-electron chi connectivity index (χ4n) is 4.40. The van der Waals surface area contributed by atoms with E-state index in [2.05, 4.69) is 65.4 Å². The third-order valence-corrected chi connectivity index (χ3v) is 6.06. The number of aromatic nitrogens is 1. The van der Waals surface area contributed by atoms with E-state index in [0.29, 0.717) is 0 Å². The molecule has 0 unspecified atom stereocenters. The first-order valence-electron chi connectivity index (χ1n) is 11.3. The van der Waals surface area contributed by atoms with E-state index < -0.39 is 0 Å². The van der Waals surface area contributed by atoms with E-state index >= 15 is 0 Å². The third-order valence-electron chi connectivity index (χ3n) is 6.06. The minimum absolute atomic E-state index is 0.341. The van der Waals surface area contributed by atoms with Gasteiger partial charge in [-0.15, -0.1) is 0 Å². The van der Waals surface area contributed by atoms with Crippen LogP contribution in [0.25, 0.3) is 38.5 Å². The van der Waals surface area contributed by atoms with Crippen molar-refractivity contribution in [2.45, 2.75) is 13.7 Å². The lowest BCUT2D eigenvalue weighted by atomic mass is 9.89. The van der Waals surface area contributed by atoms with Gasteiger partial charge in [0, 0.05) is 28.6 Å². The average molecular weight is 444 g/mol. The molecule has 0 N–H and O–H groups in total. The van der Waals surface area contributed by atoms with Gasteiger partial charge in [0.25, 0.3) is 0 Å². The Bertz CT molecular complexity index is 1560. The molecule has 0 aliphatic heterocycles. The number of rotatable bonds is 6. The minimum atomic E-state index is -0.341. The maximum atomic E-state index is 6.21. The predicted octanol–water partition coefficient (Wildman–Crippen LogP) is 7.14. The summed E-state index contributed by atoms with van der Waals surface area (Å²) in [4.78, 5) is 9.16. The van der Waals surface area contributed by atoms with Crippen LogP contribution in [0.3, 0.4) is 0 Å². The SMILES string of the molecule is COc1cccc2ccc(/C=C\C=N\B(C)Oc3cccc4ccc5cccnc5c34)c(C)c12. The highest BCUT2D eigenvalue weighted by Gasteiger charge is 2.13. The number of allylic oxidation sites excluding steroid dienone is 1. The Hall–Kier alpha value is -4.12. The average Bonchev–Trinajstić information content (AvgIpc) is 2.87. The summed E-state index contributed by atoms with van der Waals surface area (Å²) in [7, 11) is 1.37. The molecule has 0 saturated heterocycles. The van der Waals surface area contributed by atoms with Crippen molar-refractivity contribution in [3.05, 3.63) is 96.2 Å². The van der Waals surface area contributed by atoms with Crippen molar-refractivity contribution in [2.24, 2.45) is 4.90 Å². The second-order valence-corrected chi connectivity index (χ2v) is 8.21. The first kappa shape index (κ1) is 21.7. The van der Waals surface area contributed by atoms with E-state index in [4.69, 9.17) is 9.39 Å². The van der Waals surface area contributed by atoms with Gasteiger partial charge < -0.3 is 14.3 Å². The van der Waals surface area contributed by atoms with Gasteiger partial charge in [-0.05, 0) is 59.9 Å². The van der Waals surface area contributed by atoms with Crippen LogP contribution in [0, 0.1) is 6.92 Å². The Morgan fingerprint density at radius 3 is 2.35 bits per heavy atom. The van der Waals surface area contributed by atoms with Crippen LogP contribution in [0.5, 0.6) is 11.5 Å². The highest BCUT2D eigenvalue weighted by Crippen LogP contribution is 2.32. The van der Waals surface area contributed by atoms with Crippen molar-refractivity contribution in [3.63, 3.8) is 0 Å². The molecule has 0 bridgehead atoms. The van der Waals surface area contributed by atoms with Crippen LogP contribution in [0.2, 0.25) is 6.82 Å². The fourth-order valence-corrected chi connectivity index (χ4v) is 4.40. The molecular weight excluding hydrogens is 419 g/mol. The number of benzene rings is 4. The molecule has 0 saturated carbocycles. The Labute approximate surface area is 199 Å². The standard InChI is InChI=1S/C29H25BN2O2/c1-20-21(14-15-22-8-4-12-25(33-3)27(20)22)10-7-19-32-30(2)34-26-13-5-9-23-16-17-24-11-6-18-31-29(24)28(23)26/h4-19H,1-3H3/b10-7-,32-19+. The molecule has 0 radical (unpaired) electrons. The van der Waals surface area contributed by atoms with Gasteiger partial charge in [-0.25, -0.2) is 0 Å². The molecule has 0 fully saturated rings. The zero-order valence-electron chi connectivity index (χ0n) is 19.5. The summed E-state index contributed by atoms with van der Waals surface area (Å²) in [5.41, 5.74) is 3.25. The Morgan fingerprint density at radius 1 is 0.824 bits per heavy atom. The topological polar surface area (TPSA) is 43.7 Å². The lowest BCUT2D eigenvalue weighted by molar-refractivity contribution is 0.419. The summed E-state index contributed by atoms with van der Waals surface area (Å²) in [6.45, 7) is 4.06. The lowest BCUT2D eigenvalue weighted by Crippen LogP contribution is -2.14. The Morgan fingerprint density at radius 2 is 1.53 bits per heavy atom. The van der Waals surface area contributed by atoms with E-state index in [1.54, 1.807) is 13.3 Å². The van der Waals surface area contributed by atoms with E-state index in [1.807, 2.05) is 49.4 Å². The predicted molar refractivity (Wildman–Crippen MR) is 144 cm³/mol. The lowest BCUT2D eigenvalue weighted by Gasteiger charge is -2.12. The fraction of sp³-hybridized carbons (Fsp3) is 0.103. The van der Waals surface area contributed by atoms with Gasteiger partial charge >= 0.3 is 7.05 Å². The van der Waals surface area contributed by atoms with Crippen molar-refractivity contribution in [3.8, 4) is 11.5 Å². The van der Waals surface area contributed by atoms with E-state index in [0.717, 1.165) is 44.1 Å². The molecule has 34 heavy (non-hydrogen) atoms. The molecule has 5 heteroatoms. The summed E-state index contributed by atoms with van der Waals surface area (Å²) < 4.78 is 11.8. The van der Waals surface area contributed by atoms with E-state index in [1.165, 1.54) is 10.9 Å². The molecule has 1 aromatic heterocycles. The van der Waals surface area contributed by atoms with E-state index in [9.17, 15) is 0 Å². The van der Waals surface area contributed by atoms with Crippen molar-refractivity contribution in [1.82, 2.24) is 4.98 Å². The number of ether oxygens (including phenoxy) is 1. The van der Waals surface area contributed by atoms with Crippen LogP contribution in [0.15, 0.2) is 90.0 Å². The molecule has 0 atom stereocenters. The monoisotopic (exact) mass is 444 g/mol. The van der Waals surface area contributed by atoms with Crippen molar-refractivity contribution in [1.29, 1.82) is 0 Å². The second-order valence-electron chi connectivity index (χ2n) is 8.21. The molecule has 1 heterocycles. The molecular formula is C29H25BN2O2. The third kappa shape index (κ3) is 4.13. The van der Waals surface area contributed by atoms with Gasteiger partial charge in [-0.1, -0.05) is 60.7 Å². The first-order valence-corrected chi connectivity index (χ1v) is 11.3. The van der Waals surface area contributed by atoms with Gasteiger partial charge in [0.15, 0.2) is 0 Å². The van der Waals surface area contributed by atoms with Gasteiger partial charge in [0.2, 0.25) is 0 Å². The first-order chi connectivity index (χ1) is 16.7. The maximum absolute atomic E-state index is 6.21. The summed E-state index contributed by atoms with van der Waals surface area (Å²) in [5.74, 6) is 1.67. The van der Waals surface area contributed by atoms with E-state index in [-0.39, 0.29) is 7.05 Å². The number of hydrogen-bond acceptors (Lipinski definition) is 4. The number of pyridine rings is 1.